The van der Waals surface area contributed by atoms with Gasteiger partial charge in [0.15, 0.2) is 0 Å². The van der Waals surface area contributed by atoms with Crippen LogP contribution in [0.15, 0.2) is 72.3 Å². The van der Waals surface area contributed by atoms with Crippen LogP contribution in [0.3, 0.4) is 0 Å². The number of ether oxygens (including phenoxy) is 1. The lowest BCUT2D eigenvalue weighted by atomic mass is 10.0. The summed E-state index contributed by atoms with van der Waals surface area (Å²) in [7, 11) is -2.56. The maximum Gasteiger partial charge on any atom is 0.330 e. The van der Waals surface area contributed by atoms with E-state index in [2.05, 4.69) is 76.2 Å². The second-order valence-corrected chi connectivity index (χ2v) is 12.8. The summed E-state index contributed by atoms with van der Waals surface area (Å²) in [6, 6.07) is 21.2. The first-order valence-electron chi connectivity index (χ1n) is 10.3. The van der Waals surface area contributed by atoms with Crippen LogP contribution in [0, 0.1) is 5.92 Å². The topological polar surface area (TPSA) is 35.5 Å². The van der Waals surface area contributed by atoms with Gasteiger partial charge in [-0.3, -0.25) is 0 Å². The Hall–Kier alpha value is -2.17. The fourth-order valence-corrected chi connectivity index (χ4v) is 8.31. The van der Waals surface area contributed by atoms with Gasteiger partial charge in [0.2, 0.25) is 0 Å². The summed E-state index contributed by atoms with van der Waals surface area (Å²) in [6.45, 7) is 13.6. The van der Waals surface area contributed by atoms with Gasteiger partial charge in [0.1, 0.15) is 0 Å². The second kappa shape index (κ2) is 10.0. The summed E-state index contributed by atoms with van der Waals surface area (Å²) < 4.78 is 12.0. The molecule has 29 heavy (non-hydrogen) atoms. The smallest absolute Gasteiger partial charge is 0.330 e. The van der Waals surface area contributed by atoms with Crippen LogP contribution in [-0.4, -0.2) is 27.5 Å². The lowest BCUT2D eigenvalue weighted by molar-refractivity contribution is -0.137. The van der Waals surface area contributed by atoms with E-state index in [-0.39, 0.29) is 16.9 Å². The molecule has 0 spiro atoms. The van der Waals surface area contributed by atoms with E-state index in [0.717, 1.165) is 5.57 Å². The SMILES string of the molecule is CCOC(=O)/C=C(\C)C(C)CO[Si](c1ccccc1)(c1ccccc1)C(C)(C)C. The van der Waals surface area contributed by atoms with E-state index in [1.54, 1.807) is 6.08 Å². The maximum atomic E-state index is 11.8. The summed E-state index contributed by atoms with van der Waals surface area (Å²) in [5.74, 6) is -0.177. The zero-order valence-corrected chi connectivity index (χ0v) is 19.6. The molecular weight excluding hydrogens is 376 g/mol. The third kappa shape index (κ3) is 5.46. The van der Waals surface area contributed by atoms with Crippen molar-refractivity contribution in [3.05, 3.63) is 72.3 Å². The third-order valence-electron chi connectivity index (χ3n) is 5.38. The summed E-state index contributed by atoms with van der Waals surface area (Å²) in [5.41, 5.74) is 0.974. The minimum absolute atomic E-state index is 0.0613. The van der Waals surface area contributed by atoms with Crippen LogP contribution < -0.4 is 10.4 Å². The van der Waals surface area contributed by atoms with E-state index in [9.17, 15) is 4.79 Å². The van der Waals surface area contributed by atoms with Crippen LogP contribution in [0.5, 0.6) is 0 Å². The van der Waals surface area contributed by atoms with Gasteiger partial charge in [0.05, 0.1) is 6.61 Å². The Morgan fingerprint density at radius 1 is 1.00 bits per heavy atom. The van der Waals surface area contributed by atoms with Crippen molar-refractivity contribution < 1.29 is 14.0 Å². The van der Waals surface area contributed by atoms with Gasteiger partial charge in [-0.25, -0.2) is 4.79 Å². The van der Waals surface area contributed by atoms with Crippen molar-refractivity contribution in [1.82, 2.24) is 0 Å². The molecule has 0 fully saturated rings. The molecule has 4 heteroatoms. The molecule has 0 saturated heterocycles. The van der Waals surface area contributed by atoms with Crippen LogP contribution in [0.25, 0.3) is 0 Å². The molecule has 3 nitrogen and oxygen atoms in total. The second-order valence-electron chi connectivity index (χ2n) is 8.52. The zero-order valence-electron chi connectivity index (χ0n) is 18.6. The van der Waals surface area contributed by atoms with Crippen molar-refractivity contribution in [3.63, 3.8) is 0 Å². The Kier molecular flexibility index (Phi) is 8.00. The van der Waals surface area contributed by atoms with Crippen LogP contribution in [-0.2, 0) is 14.0 Å². The minimum atomic E-state index is -2.56. The number of benzene rings is 2. The minimum Gasteiger partial charge on any atom is -0.463 e. The highest BCUT2D eigenvalue weighted by atomic mass is 28.4. The van der Waals surface area contributed by atoms with Gasteiger partial charge in [-0.15, -0.1) is 0 Å². The summed E-state index contributed by atoms with van der Waals surface area (Å²) in [5, 5.41) is 2.46. The zero-order chi connectivity index (χ0) is 21.5. The fraction of sp³-hybridized carbons (Fsp3) is 0.400. The molecule has 0 heterocycles. The Bertz CT molecular complexity index is 767. The molecule has 0 aliphatic carbocycles. The van der Waals surface area contributed by atoms with Crippen molar-refractivity contribution in [3.8, 4) is 0 Å². The molecule has 0 bridgehead atoms. The van der Waals surface area contributed by atoms with E-state index in [1.165, 1.54) is 10.4 Å². The van der Waals surface area contributed by atoms with E-state index in [4.69, 9.17) is 9.16 Å². The molecular formula is C25H34O3Si. The average Bonchev–Trinajstić information content (AvgIpc) is 2.69. The maximum absolute atomic E-state index is 11.8. The van der Waals surface area contributed by atoms with Crippen molar-refractivity contribution in [2.75, 3.05) is 13.2 Å². The first-order chi connectivity index (χ1) is 13.7. The Morgan fingerprint density at radius 3 is 1.90 bits per heavy atom. The average molecular weight is 411 g/mol. The first kappa shape index (κ1) is 23.1. The third-order valence-corrected chi connectivity index (χ3v) is 10.4. The highest BCUT2D eigenvalue weighted by Crippen LogP contribution is 2.37. The molecule has 156 valence electrons. The molecule has 0 aromatic heterocycles. The predicted molar refractivity (Wildman–Crippen MR) is 123 cm³/mol. The quantitative estimate of drug-likeness (QED) is 0.359. The van der Waals surface area contributed by atoms with Crippen LogP contribution in [0.2, 0.25) is 5.04 Å². The van der Waals surface area contributed by atoms with Crippen molar-refractivity contribution in [2.45, 2.75) is 46.6 Å². The van der Waals surface area contributed by atoms with Gasteiger partial charge in [-0.1, -0.05) is 93.9 Å². The monoisotopic (exact) mass is 410 g/mol. The molecule has 2 aromatic carbocycles. The van der Waals surface area contributed by atoms with E-state index >= 15 is 0 Å². The molecule has 0 aliphatic heterocycles. The Balaban J connectivity index is 2.43. The molecule has 0 aliphatic rings. The molecule has 1 unspecified atom stereocenters. The number of rotatable bonds is 8. The van der Waals surface area contributed by atoms with Gasteiger partial charge < -0.3 is 9.16 Å². The molecule has 0 saturated carbocycles. The normalized spacial score (nSPS) is 13.8. The van der Waals surface area contributed by atoms with Crippen molar-refractivity contribution in [2.24, 2.45) is 5.92 Å². The molecule has 0 N–H and O–H groups in total. The van der Waals surface area contributed by atoms with Gasteiger partial charge >= 0.3 is 5.97 Å². The number of hydrogen-bond acceptors (Lipinski definition) is 3. The summed E-state index contributed by atoms with van der Waals surface area (Å²) >= 11 is 0. The summed E-state index contributed by atoms with van der Waals surface area (Å²) in [4.78, 5) is 11.8. The lowest BCUT2D eigenvalue weighted by Crippen LogP contribution is -2.66. The number of esters is 1. The Morgan fingerprint density at radius 2 is 1.48 bits per heavy atom. The molecule has 2 rings (SSSR count). The van der Waals surface area contributed by atoms with Crippen LogP contribution in [0.4, 0.5) is 0 Å². The number of carbonyl (C=O) groups is 1. The molecule has 1 atom stereocenters. The molecule has 0 amide bonds. The van der Waals surface area contributed by atoms with Gasteiger partial charge in [0.25, 0.3) is 8.32 Å². The largest absolute Gasteiger partial charge is 0.463 e. The highest BCUT2D eigenvalue weighted by molar-refractivity contribution is 6.99. The van der Waals surface area contributed by atoms with Gasteiger partial charge in [-0.2, -0.15) is 0 Å². The molecule has 2 aromatic rings. The van der Waals surface area contributed by atoms with Gasteiger partial charge in [-0.05, 0) is 35.2 Å². The van der Waals surface area contributed by atoms with Crippen LogP contribution in [0.1, 0.15) is 41.5 Å². The predicted octanol–water partition coefficient (Wildman–Crippen LogP) is 4.71. The first-order valence-corrected chi connectivity index (χ1v) is 12.2. The van der Waals surface area contributed by atoms with Crippen molar-refractivity contribution >= 4 is 24.7 Å². The van der Waals surface area contributed by atoms with E-state index < -0.39 is 8.32 Å². The van der Waals surface area contributed by atoms with E-state index in [0.29, 0.717) is 13.2 Å². The number of carbonyl (C=O) groups excluding carboxylic acids is 1. The standard InChI is InChI=1S/C25H34O3Si/c1-7-27-24(26)18-20(2)21(3)19-28-29(25(4,5)6,22-14-10-8-11-15-22)23-16-12-9-13-17-23/h8-18,21H,7,19H2,1-6H3/b20-18+. The molecule has 0 radical (unpaired) electrons. The lowest BCUT2D eigenvalue weighted by Gasteiger charge is -2.43. The summed E-state index contributed by atoms with van der Waals surface area (Å²) in [6.07, 6.45) is 1.59. The van der Waals surface area contributed by atoms with Crippen LogP contribution >= 0.6 is 0 Å². The highest BCUT2D eigenvalue weighted by Gasteiger charge is 2.50. The van der Waals surface area contributed by atoms with Gasteiger partial charge in [0, 0.05) is 12.7 Å². The fourth-order valence-electron chi connectivity index (χ4n) is 3.66. The van der Waals surface area contributed by atoms with E-state index in [1.807, 2.05) is 26.0 Å². The Labute approximate surface area is 176 Å². The number of hydrogen-bond donors (Lipinski definition) is 0. The van der Waals surface area contributed by atoms with Crippen molar-refractivity contribution in [1.29, 1.82) is 0 Å².